The molecular formula is C12H25NSi. The summed E-state index contributed by atoms with van der Waals surface area (Å²) >= 11 is 0. The summed E-state index contributed by atoms with van der Waals surface area (Å²) in [7, 11) is -1.01. The molecule has 0 saturated carbocycles. The summed E-state index contributed by atoms with van der Waals surface area (Å²) in [5, 5.41) is 0. The van der Waals surface area contributed by atoms with Gasteiger partial charge in [0.1, 0.15) is 0 Å². The lowest BCUT2D eigenvalue weighted by atomic mass is 10.1. The van der Waals surface area contributed by atoms with Crippen LogP contribution in [0.2, 0.25) is 19.1 Å². The minimum atomic E-state index is -1.01. The van der Waals surface area contributed by atoms with E-state index in [1.807, 2.05) is 0 Å². The van der Waals surface area contributed by atoms with E-state index in [9.17, 15) is 0 Å². The van der Waals surface area contributed by atoms with Gasteiger partial charge in [-0.25, -0.2) is 0 Å². The van der Waals surface area contributed by atoms with Gasteiger partial charge in [-0.05, 0) is 45.4 Å². The van der Waals surface area contributed by atoms with Gasteiger partial charge in [-0.3, -0.25) is 0 Å². The number of nitrogens with zero attached hydrogens (tertiary/aromatic N) is 1. The van der Waals surface area contributed by atoms with Gasteiger partial charge in [-0.2, -0.15) is 0 Å². The third kappa shape index (κ3) is 4.42. The second kappa shape index (κ2) is 5.71. The van der Waals surface area contributed by atoms with Crippen LogP contribution in [0.1, 0.15) is 26.2 Å². The quantitative estimate of drug-likeness (QED) is 0.645. The van der Waals surface area contributed by atoms with Crippen LogP contribution in [0.25, 0.3) is 0 Å². The maximum absolute atomic E-state index is 2.65. The summed E-state index contributed by atoms with van der Waals surface area (Å²) < 4.78 is 0. The van der Waals surface area contributed by atoms with Crippen molar-refractivity contribution in [3.8, 4) is 0 Å². The molecule has 0 radical (unpaired) electrons. The molecule has 0 aromatic rings. The Morgan fingerprint density at radius 2 is 1.79 bits per heavy atom. The Morgan fingerprint density at radius 3 is 2.36 bits per heavy atom. The highest BCUT2D eigenvalue weighted by Gasteiger charge is 2.18. The Labute approximate surface area is 90.2 Å². The highest BCUT2D eigenvalue weighted by atomic mass is 28.3. The fourth-order valence-electron chi connectivity index (χ4n) is 2.16. The van der Waals surface area contributed by atoms with Crippen molar-refractivity contribution in [2.75, 3.05) is 19.6 Å². The minimum Gasteiger partial charge on any atom is -0.304 e. The zero-order valence-electron chi connectivity index (χ0n) is 10.1. The predicted molar refractivity (Wildman–Crippen MR) is 67.4 cm³/mol. The highest BCUT2D eigenvalue weighted by molar-refractivity contribution is 6.82. The minimum absolute atomic E-state index is 1.01. The maximum Gasteiger partial charge on any atom is 0.0725 e. The molecule has 1 fully saturated rings. The van der Waals surface area contributed by atoms with Crippen molar-refractivity contribution < 1.29 is 0 Å². The Kier molecular flexibility index (Phi) is 4.89. The zero-order chi connectivity index (χ0) is 10.4. The predicted octanol–water partition coefficient (Wildman–Crippen LogP) is 3.30. The molecule has 1 aliphatic rings. The Balaban J connectivity index is 2.24. The highest BCUT2D eigenvalue weighted by Crippen LogP contribution is 2.15. The third-order valence-corrected chi connectivity index (χ3v) is 5.89. The molecule has 1 heterocycles. The molecule has 14 heavy (non-hydrogen) atoms. The van der Waals surface area contributed by atoms with E-state index in [0.717, 1.165) is 0 Å². The van der Waals surface area contributed by atoms with Crippen LogP contribution in [0, 0.1) is 0 Å². The van der Waals surface area contributed by atoms with Gasteiger partial charge in [0.2, 0.25) is 0 Å². The first-order valence-electron chi connectivity index (χ1n) is 6.00. The Bertz CT molecular complexity index is 181. The molecule has 1 aliphatic heterocycles. The molecule has 0 bridgehead atoms. The molecular weight excluding hydrogens is 186 g/mol. The van der Waals surface area contributed by atoms with E-state index in [-0.39, 0.29) is 0 Å². The van der Waals surface area contributed by atoms with E-state index in [1.165, 1.54) is 44.9 Å². The van der Waals surface area contributed by atoms with Crippen molar-refractivity contribution in [3.63, 3.8) is 0 Å². The van der Waals surface area contributed by atoms with Crippen molar-refractivity contribution in [3.05, 3.63) is 11.8 Å². The van der Waals surface area contributed by atoms with Gasteiger partial charge in [0.15, 0.2) is 0 Å². The van der Waals surface area contributed by atoms with Crippen LogP contribution in [0.15, 0.2) is 11.8 Å². The van der Waals surface area contributed by atoms with Gasteiger partial charge in [0.05, 0.1) is 8.07 Å². The number of piperidine rings is 1. The largest absolute Gasteiger partial charge is 0.304 e. The topological polar surface area (TPSA) is 3.24 Å². The van der Waals surface area contributed by atoms with E-state index in [4.69, 9.17) is 0 Å². The molecule has 0 unspecified atom stereocenters. The number of allylic oxidation sites excluding steroid dienone is 1. The molecule has 82 valence electrons. The molecule has 1 nitrogen and oxygen atoms in total. The average molecular weight is 211 g/mol. The molecule has 0 aromatic carbocycles. The van der Waals surface area contributed by atoms with Crippen LogP contribution in [0.4, 0.5) is 0 Å². The lowest BCUT2D eigenvalue weighted by Gasteiger charge is -2.29. The maximum atomic E-state index is 2.65. The van der Waals surface area contributed by atoms with Crippen LogP contribution < -0.4 is 0 Å². The third-order valence-electron chi connectivity index (χ3n) is 3.14. The standard InChI is InChI=1S/C12H25NSi/c1-4-11-14(2,3)12-10-13-8-6-5-7-9-13/h4,11H,5-10,12H2,1-3H3/b11-4-. The van der Waals surface area contributed by atoms with Crippen LogP contribution >= 0.6 is 0 Å². The molecule has 0 atom stereocenters. The van der Waals surface area contributed by atoms with E-state index < -0.39 is 8.07 Å². The number of likely N-dealkylation sites (tertiary alicyclic amines) is 1. The molecule has 0 aliphatic carbocycles. The van der Waals surface area contributed by atoms with Crippen molar-refractivity contribution in [2.45, 2.75) is 45.3 Å². The van der Waals surface area contributed by atoms with Gasteiger partial charge in [0, 0.05) is 0 Å². The lowest BCUT2D eigenvalue weighted by molar-refractivity contribution is 0.239. The second-order valence-corrected chi connectivity index (χ2v) is 9.95. The van der Waals surface area contributed by atoms with Crippen LogP contribution in [0.5, 0.6) is 0 Å². The van der Waals surface area contributed by atoms with E-state index in [2.05, 4.69) is 36.7 Å². The summed E-state index contributed by atoms with van der Waals surface area (Å²) in [6.45, 7) is 11.1. The van der Waals surface area contributed by atoms with E-state index in [0.29, 0.717) is 0 Å². The first-order chi connectivity index (χ1) is 6.64. The molecule has 0 N–H and O–H groups in total. The molecule has 0 aromatic heterocycles. The Morgan fingerprint density at radius 1 is 1.14 bits per heavy atom. The van der Waals surface area contributed by atoms with Crippen molar-refractivity contribution >= 4 is 8.07 Å². The summed E-state index contributed by atoms with van der Waals surface area (Å²) in [5.41, 5.74) is 2.47. The molecule has 1 saturated heterocycles. The smallest absolute Gasteiger partial charge is 0.0725 e. The second-order valence-electron chi connectivity index (χ2n) is 5.14. The van der Waals surface area contributed by atoms with Crippen molar-refractivity contribution in [1.29, 1.82) is 0 Å². The van der Waals surface area contributed by atoms with Crippen molar-refractivity contribution in [1.82, 2.24) is 4.90 Å². The van der Waals surface area contributed by atoms with E-state index >= 15 is 0 Å². The number of hydrogen-bond donors (Lipinski definition) is 0. The molecule has 2 heteroatoms. The van der Waals surface area contributed by atoms with Gasteiger partial charge in [-0.15, -0.1) is 0 Å². The molecule has 0 spiro atoms. The first kappa shape index (κ1) is 12.0. The Hall–Kier alpha value is -0.0831. The average Bonchev–Trinajstić information content (AvgIpc) is 2.17. The van der Waals surface area contributed by atoms with Gasteiger partial charge in [-0.1, -0.05) is 31.3 Å². The normalized spacial score (nSPS) is 20.5. The van der Waals surface area contributed by atoms with Gasteiger partial charge < -0.3 is 4.90 Å². The van der Waals surface area contributed by atoms with E-state index in [1.54, 1.807) is 0 Å². The summed E-state index contributed by atoms with van der Waals surface area (Å²) in [6.07, 6.45) is 6.53. The molecule has 0 amide bonds. The number of hydrogen-bond acceptors (Lipinski definition) is 1. The monoisotopic (exact) mass is 211 g/mol. The van der Waals surface area contributed by atoms with Gasteiger partial charge in [0.25, 0.3) is 0 Å². The summed E-state index contributed by atoms with van der Waals surface area (Å²) in [5.74, 6) is 0. The van der Waals surface area contributed by atoms with Crippen LogP contribution in [-0.4, -0.2) is 32.6 Å². The summed E-state index contributed by atoms with van der Waals surface area (Å²) in [4.78, 5) is 2.65. The fourth-order valence-corrected chi connectivity index (χ4v) is 4.13. The summed E-state index contributed by atoms with van der Waals surface area (Å²) in [6, 6.07) is 1.43. The SMILES string of the molecule is C/C=C\[Si](C)(C)CCN1CCCCC1. The number of rotatable bonds is 4. The van der Waals surface area contributed by atoms with Gasteiger partial charge >= 0.3 is 0 Å². The van der Waals surface area contributed by atoms with Crippen LogP contribution in [0.3, 0.4) is 0 Å². The first-order valence-corrected chi connectivity index (χ1v) is 9.29. The zero-order valence-corrected chi connectivity index (χ0v) is 11.1. The lowest BCUT2D eigenvalue weighted by Crippen LogP contribution is -2.35. The van der Waals surface area contributed by atoms with Crippen molar-refractivity contribution in [2.24, 2.45) is 0 Å². The fraction of sp³-hybridized carbons (Fsp3) is 0.833. The molecule has 1 rings (SSSR count). The van der Waals surface area contributed by atoms with Crippen LogP contribution in [-0.2, 0) is 0 Å².